The summed E-state index contributed by atoms with van der Waals surface area (Å²) >= 11 is 0. The smallest absolute Gasteiger partial charge is 0.0540 e. The van der Waals surface area contributed by atoms with E-state index in [1.165, 1.54) is 33.2 Å². The molecule has 0 saturated carbocycles. The number of anilines is 6. The van der Waals surface area contributed by atoms with Gasteiger partial charge in [-0.25, -0.2) is 0 Å². The summed E-state index contributed by atoms with van der Waals surface area (Å²) in [5.41, 5.74) is 12.8. The Morgan fingerprint density at radius 2 is 0.745 bits per heavy atom. The highest BCUT2D eigenvalue weighted by Gasteiger charge is 2.15. The van der Waals surface area contributed by atoms with Crippen molar-refractivity contribution in [3.63, 3.8) is 0 Å². The van der Waals surface area contributed by atoms with Gasteiger partial charge in [0.1, 0.15) is 0 Å². The maximum atomic E-state index is 2.35. The molecule has 8 rings (SSSR count). The number of aryl methyl sites for hydroxylation is 1. The van der Waals surface area contributed by atoms with E-state index in [1.54, 1.807) is 0 Å². The van der Waals surface area contributed by atoms with Crippen LogP contribution in [-0.2, 0) is 0 Å². The van der Waals surface area contributed by atoms with Crippen molar-refractivity contribution in [1.29, 1.82) is 0 Å². The van der Waals surface area contributed by atoms with E-state index in [0.717, 1.165) is 39.6 Å². The van der Waals surface area contributed by atoms with Crippen molar-refractivity contribution < 1.29 is 0 Å². The van der Waals surface area contributed by atoms with Gasteiger partial charge in [-0.1, -0.05) is 151 Å². The van der Waals surface area contributed by atoms with Crippen LogP contribution in [0.3, 0.4) is 0 Å². The summed E-state index contributed by atoms with van der Waals surface area (Å²) in [6, 6.07) is 71.3. The molecule has 0 N–H and O–H groups in total. The lowest BCUT2D eigenvalue weighted by atomic mass is 10.0. The number of rotatable bonds is 9. The molecule has 0 aromatic heterocycles. The molecule has 2 heteroatoms. The van der Waals surface area contributed by atoms with Crippen molar-refractivity contribution in [2.45, 2.75) is 6.92 Å². The monoisotopic (exact) mass is 654 g/mol. The van der Waals surface area contributed by atoms with Crippen molar-refractivity contribution in [3.8, 4) is 11.1 Å². The molecular weight excluding hydrogens is 617 g/mol. The van der Waals surface area contributed by atoms with E-state index in [1.807, 2.05) is 0 Å². The average Bonchev–Trinajstić information content (AvgIpc) is 3.20. The van der Waals surface area contributed by atoms with Crippen LogP contribution in [0.1, 0.15) is 16.7 Å². The van der Waals surface area contributed by atoms with Crippen molar-refractivity contribution in [2.24, 2.45) is 0 Å². The summed E-state index contributed by atoms with van der Waals surface area (Å²) in [5.74, 6) is 0. The largest absolute Gasteiger partial charge is 0.311 e. The van der Waals surface area contributed by atoms with E-state index < -0.39 is 0 Å². The van der Waals surface area contributed by atoms with Gasteiger partial charge in [0, 0.05) is 33.8 Å². The summed E-state index contributed by atoms with van der Waals surface area (Å²) in [4.78, 5) is 4.63. The maximum Gasteiger partial charge on any atom is 0.0540 e. The molecule has 0 amide bonds. The van der Waals surface area contributed by atoms with Gasteiger partial charge >= 0.3 is 0 Å². The Bertz CT molecular complexity index is 2330. The lowest BCUT2D eigenvalue weighted by Crippen LogP contribution is -2.10. The molecule has 0 saturated heterocycles. The van der Waals surface area contributed by atoms with Gasteiger partial charge < -0.3 is 9.80 Å². The zero-order chi connectivity index (χ0) is 34.4. The number of nitrogens with zero attached hydrogens (tertiary/aromatic N) is 2. The molecule has 51 heavy (non-hydrogen) atoms. The fraction of sp³-hybridized carbons (Fsp3) is 0.0204. The number of hydrogen-bond donors (Lipinski definition) is 0. The molecule has 0 radical (unpaired) electrons. The van der Waals surface area contributed by atoms with Crippen LogP contribution < -0.4 is 9.80 Å². The van der Waals surface area contributed by atoms with Gasteiger partial charge in [-0.05, 0) is 101 Å². The first-order valence-corrected chi connectivity index (χ1v) is 17.4. The fourth-order valence-electron chi connectivity index (χ4n) is 6.64. The number of benzene rings is 8. The predicted molar refractivity (Wildman–Crippen MR) is 219 cm³/mol. The van der Waals surface area contributed by atoms with Crippen LogP contribution in [0.15, 0.2) is 200 Å². The minimum Gasteiger partial charge on any atom is -0.311 e. The molecule has 0 unspecified atom stereocenters. The van der Waals surface area contributed by atoms with Gasteiger partial charge in [-0.2, -0.15) is 0 Å². The number of fused-ring (bicyclic) bond motifs is 1. The van der Waals surface area contributed by atoms with E-state index in [2.05, 4.69) is 229 Å². The Morgan fingerprint density at radius 3 is 1.33 bits per heavy atom. The van der Waals surface area contributed by atoms with Crippen molar-refractivity contribution >= 4 is 57.0 Å². The number of para-hydroxylation sites is 2. The predicted octanol–water partition coefficient (Wildman–Crippen LogP) is 13.9. The Morgan fingerprint density at radius 1 is 0.333 bits per heavy atom. The first-order chi connectivity index (χ1) is 25.2. The van der Waals surface area contributed by atoms with E-state index in [9.17, 15) is 0 Å². The van der Waals surface area contributed by atoms with Crippen LogP contribution in [0.25, 0.3) is 34.1 Å². The minimum absolute atomic E-state index is 1.12. The highest BCUT2D eigenvalue weighted by molar-refractivity contribution is 5.99. The van der Waals surface area contributed by atoms with E-state index >= 15 is 0 Å². The molecular formula is C49H38N2. The topological polar surface area (TPSA) is 6.48 Å². The molecule has 0 atom stereocenters. The molecule has 244 valence electrons. The molecule has 0 aliphatic heterocycles. The SMILES string of the molecule is Cc1ccc(N(c2ccc(C=Cc3ccc(-c4ccc(N(c5ccccc5)c5ccccc5)cc4)cc3)cc2)c2cccc3ccccc23)cc1. The second-order valence-corrected chi connectivity index (χ2v) is 12.8. The van der Waals surface area contributed by atoms with Crippen molar-refractivity contribution in [3.05, 3.63) is 217 Å². The normalized spacial score (nSPS) is 11.2. The van der Waals surface area contributed by atoms with E-state index in [4.69, 9.17) is 0 Å². The summed E-state index contributed by atoms with van der Waals surface area (Å²) in [6.45, 7) is 2.13. The minimum atomic E-state index is 1.12. The Labute approximate surface area is 300 Å². The van der Waals surface area contributed by atoms with E-state index in [0.29, 0.717) is 0 Å². The van der Waals surface area contributed by atoms with Gasteiger partial charge in [0.2, 0.25) is 0 Å². The third-order valence-electron chi connectivity index (χ3n) is 9.32. The molecule has 2 nitrogen and oxygen atoms in total. The van der Waals surface area contributed by atoms with Gasteiger partial charge in [0.25, 0.3) is 0 Å². The molecule has 8 aromatic carbocycles. The third kappa shape index (κ3) is 6.94. The van der Waals surface area contributed by atoms with Crippen LogP contribution in [0.4, 0.5) is 34.1 Å². The highest BCUT2D eigenvalue weighted by atomic mass is 15.1. The molecule has 0 aliphatic carbocycles. The van der Waals surface area contributed by atoms with Crippen molar-refractivity contribution in [1.82, 2.24) is 0 Å². The molecule has 8 aromatic rings. The van der Waals surface area contributed by atoms with Crippen LogP contribution in [0, 0.1) is 6.92 Å². The Balaban J connectivity index is 1.01. The third-order valence-corrected chi connectivity index (χ3v) is 9.32. The zero-order valence-electron chi connectivity index (χ0n) is 28.6. The van der Waals surface area contributed by atoms with Crippen LogP contribution in [0.5, 0.6) is 0 Å². The standard InChI is InChI=1S/C49H38N2/c1-37-19-31-46(32-20-37)51(49-18-10-12-42-11-8-9-17-48(42)49)47-33-25-39(26-34-47)22-21-38-23-27-40(28-24-38)41-29-35-45(36-30-41)50(43-13-4-2-5-14-43)44-15-6-3-7-16-44/h2-36H,1H3. The average molecular weight is 655 g/mol. The van der Waals surface area contributed by atoms with Crippen LogP contribution in [-0.4, -0.2) is 0 Å². The van der Waals surface area contributed by atoms with E-state index in [-0.39, 0.29) is 0 Å². The van der Waals surface area contributed by atoms with Gasteiger partial charge in [-0.3, -0.25) is 0 Å². The lowest BCUT2D eigenvalue weighted by Gasteiger charge is -2.27. The first kappa shape index (κ1) is 31.6. The summed E-state index contributed by atoms with van der Waals surface area (Å²) in [5, 5.41) is 2.46. The van der Waals surface area contributed by atoms with Gasteiger partial charge in [-0.15, -0.1) is 0 Å². The Hall–Kier alpha value is -6.64. The van der Waals surface area contributed by atoms with Crippen LogP contribution >= 0.6 is 0 Å². The molecule has 0 heterocycles. The number of hydrogen-bond acceptors (Lipinski definition) is 2. The summed E-state index contributed by atoms with van der Waals surface area (Å²) in [7, 11) is 0. The first-order valence-electron chi connectivity index (χ1n) is 17.4. The second-order valence-electron chi connectivity index (χ2n) is 12.8. The highest BCUT2D eigenvalue weighted by Crippen LogP contribution is 2.39. The molecule has 0 aliphatic rings. The second kappa shape index (κ2) is 14.5. The molecule has 0 spiro atoms. The van der Waals surface area contributed by atoms with Gasteiger partial charge in [0.15, 0.2) is 0 Å². The summed E-state index contributed by atoms with van der Waals surface area (Å²) < 4.78 is 0. The zero-order valence-corrected chi connectivity index (χ0v) is 28.6. The molecule has 0 fully saturated rings. The summed E-state index contributed by atoms with van der Waals surface area (Å²) in [6.07, 6.45) is 4.37. The van der Waals surface area contributed by atoms with Gasteiger partial charge in [0.05, 0.1) is 5.69 Å². The lowest BCUT2D eigenvalue weighted by molar-refractivity contribution is 1.28. The maximum absolute atomic E-state index is 2.35. The quantitative estimate of drug-likeness (QED) is 0.143. The van der Waals surface area contributed by atoms with Crippen LogP contribution in [0.2, 0.25) is 0 Å². The fourth-order valence-corrected chi connectivity index (χ4v) is 6.64. The Kier molecular flexibility index (Phi) is 8.96. The molecule has 0 bridgehead atoms. The van der Waals surface area contributed by atoms with Crippen molar-refractivity contribution in [2.75, 3.05) is 9.80 Å².